The number of rotatable bonds is 6. The van der Waals surface area contributed by atoms with Crippen molar-refractivity contribution in [3.05, 3.63) is 12.2 Å². The van der Waals surface area contributed by atoms with E-state index in [9.17, 15) is 4.79 Å². The minimum absolute atomic E-state index is 0.248. The first-order valence-corrected chi connectivity index (χ1v) is 7.42. The predicted molar refractivity (Wildman–Crippen MR) is 75.3 cm³/mol. The third kappa shape index (κ3) is 3.79. The zero-order valence-corrected chi connectivity index (χ0v) is 12.3. The molecule has 0 amide bonds. The maximum atomic E-state index is 10.8. The summed E-state index contributed by atoms with van der Waals surface area (Å²) in [7, 11) is 0. The minimum Gasteiger partial charge on any atom is -0.481 e. The van der Waals surface area contributed by atoms with Gasteiger partial charge in [0.05, 0.1) is 6.54 Å². The van der Waals surface area contributed by atoms with Crippen LogP contribution in [0.1, 0.15) is 57.8 Å². The highest BCUT2D eigenvalue weighted by Gasteiger charge is 2.24. The summed E-state index contributed by atoms with van der Waals surface area (Å²) in [6.45, 7) is 5.98. The number of likely N-dealkylation sites (tertiary alicyclic amines) is 1. The van der Waals surface area contributed by atoms with Gasteiger partial charge in [0.1, 0.15) is 12.2 Å². The van der Waals surface area contributed by atoms with Crippen LogP contribution in [0, 0.1) is 0 Å². The molecule has 0 bridgehead atoms. The van der Waals surface area contributed by atoms with Gasteiger partial charge in [0.2, 0.25) is 0 Å². The fourth-order valence-electron chi connectivity index (χ4n) is 2.89. The van der Waals surface area contributed by atoms with Gasteiger partial charge in [-0.1, -0.05) is 6.42 Å². The number of carboxylic acids is 1. The summed E-state index contributed by atoms with van der Waals surface area (Å²) in [6, 6.07) is 0.659. The third-order valence-electron chi connectivity index (χ3n) is 3.92. The molecule has 2 rings (SSSR count). The minimum atomic E-state index is -0.708. The molecule has 1 aromatic heterocycles. The van der Waals surface area contributed by atoms with E-state index in [0.717, 1.165) is 31.8 Å². The lowest BCUT2D eigenvalue weighted by Gasteiger charge is -2.35. The Bertz CT molecular complexity index is 444. The lowest BCUT2D eigenvalue weighted by molar-refractivity contribution is -0.137. The van der Waals surface area contributed by atoms with E-state index in [1.54, 1.807) is 6.33 Å². The van der Waals surface area contributed by atoms with Crippen molar-refractivity contribution < 1.29 is 9.90 Å². The van der Waals surface area contributed by atoms with Gasteiger partial charge in [0.25, 0.3) is 0 Å². The maximum Gasteiger partial charge on any atom is 0.303 e. The molecule has 1 aliphatic heterocycles. The van der Waals surface area contributed by atoms with E-state index in [1.165, 1.54) is 12.8 Å². The highest BCUT2D eigenvalue weighted by atomic mass is 16.4. The van der Waals surface area contributed by atoms with Crippen molar-refractivity contribution in [2.24, 2.45) is 0 Å². The van der Waals surface area contributed by atoms with Gasteiger partial charge in [0, 0.05) is 18.5 Å². The number of carboxylic acid groups (broad SMARTS) is 1. The molecule has 0 aromatic carbocycles. The van der Waals surface area contributed by atoms with E-state index in [0.29, 0.717) is 12.1 Å². The van der Waals surface area contributed by atoms with Crippen molar-refractivity contribution >= 4 is 5.97 Å². The number of hydrogen-bond acceptors (Lipinski definition) is 4. The third-order valence-corrected chi connectivity index (χ3v) is 3.92. The Morgan fingerprint density at radius 1 is 1.50 bits per heavy atom. The maximum absolute atomic E-state index is 10.8. The number of aliphatic carboxylic acids is 1. The van der Waals surface area contributed by atoms with E-state index in [2.05, 4.69) is 28.8 Å². The average Bonchev–Trinajstić information content (AvgIpc) is 2.86. The van der Waals surface area contributed by atoms with Crippen LogP contribution in [-0.4, -0.2) is 43.3 Å². The van der Waals surface area contributed by atoms with Crippen LogP contribution in [0.4, 0.5) is 0 Å². The molecular weight excluding hydrogens is 256 g/mol. The SMILES string of the molecule is CC(C)n1ncnc1CN1CCCCC1CCC(=O)O. The summed E-state index contributed by atoms with van der Waals surface area (Å²) in [5, 5.41) is 13.1. The molecule has 1 aromatic rings. The van der Waals surface area contributed by atoms with Crippen molar-refractivity contribution in [1.29, 1.82) is 0 Å². The van der Waals surface area contributed by atoms with E-state index in [-0.39, 0.29) is 6.42 Å². The van der Waals surface area contributed by atoms with Gasteiger partial charge in [-0.2, -0.15) is 5.10 Å². The Hall–Kier alpha value is -1.43. The molecule has 1 atom stereocenters. The second-order valence-electron chi connectivity index (χ2n) is 5.77. The van der Waals surface area contributed by atoms with Gasteiger partial charge in [-0.3, -0.25) is 9.69 Å². The first kappa shape index (κ1) is 15.0. The number of nitrogens with zero attached hydrogens (tertiary/aromatic N) is 4. The second kappa shape index (κ2) is 6.83. The predicted octanol–water partition coefficient (Wildman–Crippen LogP) is 2.08. The Kier molecular flexibility index (Phi) is 5.11. The molecule has 6 nitrogen and oxygen atoms in total. The molecule has 1 aliphatic rings. The smallest absolute Gasteiger partial charge is 0.303 e. The van der Waals surface area contributed by atoms with Crippen molar-refractivity contribution in [1.82, 2.24) is 19.7 Å². The molecule has 112 valence electrons. The quantitative estimate of drug-likeness (QED) is 0.863. The van der Waals surface area contributed by atoms with Crippen LogP contribution in [0.3, 0.4) is 0 Å². The van der Waals surface area contributed by atoms with Crippen molar-refractivity contribution in [2.75, 3.05) is 6.54 Å². The fourth-order valence-corrected chi connectivity index (χ4v) is 2.89. The van der Waals surface area contributed by atoms with Crippen LogP contribution in [0.15, 0.2) is 6.33 Å². The number of hydrogen-bond donors (Lipinski definition) is 1. The molecule has 1 N–H and O–H groups in total. The number of piperidine rings is 1. The summed E-state index contributed by atoms with van der Waals surface area (Å²) in [5.41, 5.74) is 0. The zero-order chi connectivity index (χ0) is 14.5. The highest BCUT2D eigenvalue weighted by Crippen LogP contribution is 2.23. The summed E-state index contributed by atoms with van der Waals surface area (Å²) in [6.07, 6.45) is 6.04. The largest absolute Gasteiger partial charge is 0.481 e. The van der Waals surface area contributed by atoms with Gasteiger partial charge in [0.15, 0.2) is 0 Å². The van der Waals surface area contributed by atoms with Crippen molar-refractivity contribution in [3.63, 3.8) is 0 Å². The molecule has 0 saturated carbocycles. The Labute approximate surface area is 119 Å². The zero-order valence-electron chi connectivity index (χ0n) is 12.3. The Morgan fingerprint density at radius 3 is 3.00 bits per heavy atom. The van der Waals surface area contributed by atoms with Crippen LogP contribution in [0.2, 0.25) is 0 Å². The first-order chi connectivity index (χ1) is 9.58. The van der Waals surface area contributed by atoms with Gasteiger partial charge < -0.3 is 5.11 Å². The molecule has 1 fully saturated rings. The topological polar surface area (TPSA) is 71.2 Å². The van der Waals surface area contributed by atoms with Gasteiger partial charge >= 0.3 is 5.97 Å². The number of aromatic nitrogens is 3. The van der Waals surface area contributed by atoms with E-state index < -0.39 is 5.97 Å². The molecular formula is C14H24N4O2. The van der Waals surface area contributed by atoms with Crippen LogP contribution in [-0.2, 0) is 11.3 Å². The van der Waals surface area contributed by atoms with Gasteiger partial charge in [-0.15, -0.1) is 0 Å². The van der Waals surface area contributed by atoms with E-state index in [1.807, 2.05) is 4.68 Å². The summed E-state index contributed by atoms with van der Waals surface area (Å²) >= 11 is 0. The molecule has 0 aliphatic carbocycles. The molecule has 6 heteroatoms. The fraction of sp³-hybridized carbons (Fsp3) is 0.786. The summed E-state index contributed by atoms with van der Waals surface area (Å²) in [4.78, 5) is 17.5. The van der Waals surface area contributed by atoms with E-state index >= 15 is 0 Å². The molecule has 0 spiro atoms. The van der Waals surface area contributed by atoms with Crippen LogP contribution >= 0.6 is 0 Å². The standard InChI is InChI=1S/C14H24N4O2/c1-11(2)18-13(15-10-16-18)9-17-8-4-3-5-12(17)6-7-14(19)20/h10-12H,3-9H2,1-2H3,(H,19,20). The Morgan fingerprint density at radius 2 is 2.30 bits per heavy atom. The van der Waals surface area contributed by atoms with Crippen molar-refractivity contribution in [2.45, 2.75) is 64.6 Å². The highest BCUT2D eigenvalue weighted by molar-refractivity contribution is 5.66. The van der Waals surface area contributed by atoms with Crippen LogP contribution in [0.25, 0.3) is 0 Å². The first-order valence-electron chi connectivity index (χ1n) is 7.42. The van der Waals surface area contributed by atoms with Gasteiger partial charge in [-0.25, -0.2) is 9.67 Å². The lowest BCUT2D eigenvalue weighted by Crippen LogP contribution is -2.40. The molecule has 1 unspecified atom stereocenters. The van der Waals surface area contributed by atoms with Gasteiger partial charge in [-0.05, 0) is 39.7 Å². The normalized spacial score (nSPS) is 20.4. The second-order valence-corrected chi connectivity index (χ2v) is 5.77. The van der Waals surface area contributed by atoms with Crippen molar-refractivity contribution in [3.8, 4) is 0 Å². The molecule has 2 heterocycles. The molecule has 0 radical (unpaired) electrons. The molecule has 20 heavy (non-hydrogen) atoms. The number of carbonyl (C=O) groups is 1. The van der Waals surface area contributed by atoms with E-state index in [4.69, 9.17) is 5.11 Å². The Balaban J connectivity index is 2.00. The summed E-state index contributed by atoms with van der Waals surface area (Å²) < 4.78 is 1.95. The van der Waals surface area contributed by atoms with Crippen LogP contribution in [0.5, 0.6) is 0 Å². The molecule has 1 saturated heterocycles. The lowest BCUT2D eigenvalue weighted by atomic mass is 9.98. The van der Waals surface area contributed by atoms with Crippen LogP contribution < -0.4 is 0 Å². The average molecular weight is 280 g/mol. The monoisotopic (exact) mass is 280 g/mol. The summed E-state index contributed by atoms with van der Waals surface area (Å²) in [5.74, 6) is 0.267.